The highest BCUT2D eigenvalue weighted by Gasteiger charge is 2.15. The number of aryl methyl sites for hydroxylation is 2. The molecule has 0 bridgehead atoms. The predicted octanol–water partition coefficient (Wildman–Crippen LogP) is 5.24. The van der Waals surface area contributed by atoms with E-state index in [1.165, 1.54) is 35.7 Å². The molecule has 0 saturated carbocycles. The maximum absolute atomic E-state index is 4.94. The van der Waals surface area contributed by atoms with Crippen LogP contribution in [0.2, 0.25) is 0 Å². The number of hydrogen-bond acceptors (Lipinski definition) is 2. The van der Waals surface area contributed by atoms with Crippen LogP contribution in [-0.2, 0) is 6.54 Å². The number of nitrogens with zero attached hydrogens (tertiary/aromatic N) is 3. The van der Waals surface area contributed by atoms with E-state index in [0.717, 1.165) is 28.7 Å². The van der Waals surface area contributed by atoms with Gasteiger partial charge in [-0.1, -0.05) is 50.1 Å². The van der Waals surface area contributed by atoms with E-state index >= 15 is 0 Å². The van der Waals surface area contributed by atoms with Crippen LogP contribution in [0.4, 0.5) is 0 Å². The van der Waals surface area contributed by atoms with Crippen molar-refractivity contribution in [1.29, 1.82) is 0 Å². The van der Waals surface area contributed by atoms with Crippen molar-refractivity contribution in [1.82, 2.24) is 14.5 Å². The Balaban J connectivity index is 2.06. The Morgan fingerprint density at radius 2 is 1.70 bits per heavy atom. The Bertz CT molecular complexity index is 998. The Labute approximate surface area is 136 Å². The first-order valence-electron chi connectivity index (χ1n) is 8.44. The third kappa shape index (κ3) is 2.27. The molecule has 0 N–H and O–H groups in total. The predicted molar refractivity (Wildman–Crippen MR) is 96.8 cm³/mol. The third-order valence-corrected chi connectivity index (χ3v) is 4.56. The Morgan fingerprint density at radius 1 is 0.913 bits per heavy atom. The molecule has 0 spiro atoms. The van der Waals surface area contributed by atoms with Crippen molar-refractivity contribution in [3.8, 4) is 0 Å². The van der Waals surface area contributed by atoms with Crippen molar-refractivity contribution in [2.45, 2.75) is 39.7 Å². The minimum atomic E-state index is 0.967. The lowest BCUT2D eigenvalue weighted by Crippen LogP contribution is -2.00. The van der Waals surface area contributed by atoms with Gasteiger partial charge in [-0.05, 0) is 31.0 Å². The molecule has 0 unspecified atom stereocenters. The molecule has 4 aromatic rings. The summed E-state index contributed by atoms with van der Waals surface area (Å²) < 4.78 is 2.37. The molecule has 3 heteroatoms. The monoisotopic (exact) mass is 303 g/mol. The molecule has 0 saturated heterocycles. The molecule has 0 aliphatic rings. The van der Waals surface area contributed by atoms with Gasteiger partial charge in [0.05, 0.1) is 16.6 Å². The van der Waals surface area contributed by atoms with Crippen LogP contribution in [0.1, 0.15) is 31.7 Å². The van der Waals surface area contributed by atoms with Gasteiger partial charge in [-0.15, -0.1) is 0 Å². The van der Waals surface area contributed by atoms with Gasteiger partial charge in [0.15, 0.2) is 5.65 Å². The number of rotatable bonds is 4. The zero-order valence-electron chi connectivity index (χ0n) is 13.7. The van der Waals surface area contributed by atoms with Crippen LogP contribution in [0.5, 0.6) is 0 Å². The van der Waals surface area contributed by atoms with Crippen LogP contribution in [0, 0.1) is 6.92 Å². The molecule has 0 aliphatic carbocycles. The molecule has 0 aliphatic heterocycles. The smallest absolute Gasteiger partial charge is 0.160 e. The van der Waals surface area contributed by atoms with Gasteiger partial charge in [-0.3, -0.25) is 0 Å². The highest BCUT2D eigenvalue weighted by atomic mass is 15.1. The number of fused-ring (bicyclic) bond motifs is 4. The van der Waals surface area contributed by atoms with Crippen molar-refractivity contribution in [3.63, 3.8) is 0 Å². The molecular weight excluding hydrogens is 282 g/mol. The topological polar surface area (TPSA) is 30.7 Å². The quantitative estimate of drug-likeness (QED) is 0.483. The van der Waals surface area contributed by atoms with E-state index in [1.807, 2.05) is 24.3 Å². The van der Waals surface area contributed by atoms with Gasteiger partial charge in [0.1, 0.15) is 5.52 Å². The largest absolute Gasteiger partial charge is 0.324 e. The molecule has 0 atom stereocenters. The first-order chi connectivity index (χ1) is 11.3. The maximum Gasteiger partial charge on any atom is 0.160 e. The van der Waals surface area contributed by atoms with E-state index in [0.29, 0.717) is 0 Å². The number of para-hydroxylation sites is 3. The summed E-state index contributed by atoms with van der Waals surface area (Å²) in [5.74, 6) is 0. The second-order valence-corrected chi connectivity index (χ2v) is 6.21. The second-order valence-electron chi connectivity index (χ2n) is 6.21. The molecule has 116 valence electrons. The van der Waals surface area contributed by atoms with Crippen molar-refractivity contribution >= 4 is 33.1 Å². The van der Waals surface area contributed by atoms with Crippen molar-refractivity contribution in [3.05, 3.63) is 48.0 Å². The standard InChI is InChI=1S/C20H21N3/c1-3-4-7-13-23-19-14(2)9-8-10-15(19)18-20(23)22-17-12-6-5-11-16(17)21-18/h5-6,8-12H,3-4,7,13H2,1-2H3. The van der Waals surface area contributed by atoms with E-state index in [9.17, 15) is 0 Å². The summed E-state index contributed by atoms with van der Waals surface area (Å²) in [4.78, 5) is 9.85. The summed E-state index contributed by atoms with van der Waals surface area (Å²) in [6, 6.07) is 14.6. The van der Waals surface area contributed by atoms with Gasteiger partial charge >= 0.3 is 0 Å². The van der Waals surface area contributed by atoms with Crippen molar-refractivity contribution < 1.29 is 0 Å². The van der Waals surface area contributed by atoms with Crippen molar-refractivity contribution in [2.75, 3.05) is 0 Å². The minimum absolute atomic E-state index is 0.967. The third-order valence-electron chi connectivity index (χ3n) is 4.56. The summed E-state index contributed by atoms with van der Waals surface area (Å²) in [6.45, 7) is 5.42. The summed E-state index contributed by atoms with van der Waals surface area (Å²) in [5.41, 5.74) is 6.56. The molecule has 0 radical (unpaired) electrons. The SMILES string of the molecule is CCCCCn1c2nc3ccccc3nc2c2cccc(C)c21. The average molecular weight is 303 g/mol. The van der Waals surface area contributed by atoms with E-state index in [2.05, 4.69) is 36.6 Å². The fourth-order valence-electron chi connectivity index (χ4n) is 3.41. The lowest BCUT2D eigenvalue weighted by molar-refractivity contribution is 0.624. The number of benzene rings is 2. The van der Waals surface area contributed by atoms with E-state index < -0.39 is 0 Å². The molecular formula is C20H21N3. The van der Waals surface area contributed by atoms with Crippen LogP contribution in [0.3, 0.4) is 0 Å². The molecule has 0 fully saturated rings. The normalized spacial score (nSPS) is 11.7. The Kier molecular flexibility index (Phi) is 3.49. The van der Waals surface area contributed by atoms with E-state index in [1.54, 1.807) is 0 Å². The Morgan fingerprint density at radius 3 is 2.48 bits per heavy atom. The summed E-state index contributed by atoms with van der Waals surface area (Å²) in [5, 5.41) is 1.22. The first-order valence-corrected chi connectivity index (χ1v) is 8.44. The number of hydrogen-bond donors (Lipinski definition) is 0. The summed E-state index contributed by atoms with van der Waals surface area (Å²) in [7, 11) is 0. The van der Waals surface area contributed by atoms with Gasteiger partial charge in [0.2, 0.25) is 0 Å². The zero-order chi connectivity index (χ0) is 15.8. The lowest BCUT2D eigenvalue weighted by atomic mass is 10.1. The molecule has 4 rings (SSSR count). The highest BCUT2D eigenvalue weighted by molar-refractivity contribution is 6.07. The number of unbranched alkanes of at least 4 members (excludes halogenated alkanes) is 2. The molecule has 0 amide bonds. The fourth-order valence-corrected chi connectivity index (χ4v) is 3.41. The van der Waals surface area contributed by atoms with Crippen LogP contribution in [-0.4, -0.2) is 14.5 Å². The molecule has 2 aromatic carbocycles. The van der Waals surface area contributed by atoms with E-state index in [4.69, 9.17) is 9.97 Å². The fraction of sp³-hybridized carbons (Fsp3) is 0.300. The van der Waals surface area contributed by atoms with Gasteiger partial charge < -0.3 is 4.57 Å². The maximum atomic E-state index is 4.94. The Hall–Kier alpha value is -2.42. The molecule has 23 heavy (non-hydrogen) atoms. The lowest BCUT2D eigenvalue weighted by Gasteiger charge is -2.08. The van der Waals surface area contributed by atoms with Gasteiger partial charge in [0.25, 0.3) is 0 Å². The van der Waals surface area contributed by atoms with Crippen LogP contribution < -0.4 is 0 Å². The van der Waals surface area contributed by atoms with Crippen molar-refractivity contribution in [2.24, 2.45) is 0 Å². The van der Waals surface area contributed by atoms with Crippen LogP contribution in [0.15, 0.2) is 42.5 Å². The first kappa shape index (κ1) is 14.2. The summed E-state index contributed by atoms with van der Waals surface area (Å²) >= 11 is 0. The minimum Gasteiger partial charge on any atom is -0.324 e. The highest BCUT2D eigenvalue weighted by Crippen LogP contribution is 2.30. The van der Waals surface area contributed by atoms with Gasteiger partial charge in [-0.25, -0.2) is 9.97 Å². The van der Waals surface area contributed by atoms with Gasteiger partial charge in [0, 0.05) is 11.9 Å². The van der Waals surface area contributed by atoms with E-state index in [-0.39, 0.29) is 0 Å². The number of aromatic nitrogens is 3. The average Bonchev–Trinajstić information content (AvgIpc) is 2.88. The zero-order valence-corrected chi connectivity index (χ0v) is 13.7. The summed E-state index contributed by atoms with van der Waals surface area (Å²) in [6.07, 6.45) is 3.65. The van der Waals surface area contributed by atoms with Crippen LogP contribution in [0.25, 0.3) is 33.1 Å². The molecule has 3 nitrogen and oxygen atoms in total. The van der Waals surface area contributed by atoms with Crippen LogP contribution >= 0.6 is 0 Å². The molecule has 2 heterocycles. The van der Waals surface area contributed by atoms with Gasteiger partial charge in [-0.2, -0.15) is 0 Å². The molecule has 2 aromatic heterocycles. The second kappa shape index (κ2) is 5.65.